The van der Waals surface area contributed by atoms with Crippen molar-refractivity contribution in [3.8, 4) is 0 Å². The van der Waals surface area contributed by atoms with Crippen molar-refractivity contribution in [3.05, 3.63) is 16.6 Å². The number of hydrogen-bond acceptors (Lipinski definition) is 5. The van der Waals surface area contributed by atoms with E-state index in [0.29, 0.717) is 12.0 Å². The van der Waals surface area contributed by atoms with Crippen LogP contribution in [0.3, 0.4) is 0 Å². The summed E-state index contributed by atoms with van der Waals surface area (Å²) < 4.78 is 0. The predicted molar refractivity (Wildman–Crippen MR) is 76.8 cm³/mol. The lowest BCUT2D eigenvalue weighted by Gasteiger charge is -2.24. The Morgan fingerprint density at radius 3 is 2.76 bits per heavy atom. The molecule has 94 valence electrons. The summed E-state index contributed by atoms with van der Waals surface area (Å²) in [4.78, 5) is 9.10. The van der Waals surface area contributed by atoms with Gasteiger partial charge in [-0.2, -0.15) is 0 Å². The smallest absolute Gasteiger partial charge is 0.157 e. The first kappa shape index (κ1) is 12.9. The van der Waals surface area contributed by atoms with Crippen LogP contribution in [0.5, 0.6) is 0 Å². The Hall–Kier alpha value is -0.550. The molecule has 1 N–H and O–H groups in total. The largest absolute Gasteiger partial charge is 0.354 e. The molecule has 2 rings (SSSR count). The van der Waals surface area contributed by atoms with Crippen LogP contribution in [-0.4, -0.2) is 21.9 Å². The maximum Gasteiger partial charge on any atom is 0.157 e. The fraction of sp³-hybridized carbons (Fsp3) is 0.667. The van der Waals surface area contributed by atoms with E-state index >= 15 is 0 Å². The van der Waals surface area contributed by atoms with Crippen LogP contribution in [0.1, 0.15) is 32.7 Å². The van der Waals surface area contributed by atoms with Gasteiger partial charge in [0.15, 0.2) is 5.17 Å². The Morgan fingerprint density at radius 2 is 2.24 bits per heavy atom. The average Bonchev–Trinajstić information content (AvgIpc) is 2.85. The monoisotopic (exact) mass is 269 g/mol. The molecule has 17 heavy (non-hydrogen) atoms. The van der Waals surface area contributed by atoms with E-state index in [1.54, 1.807) is 11.3 Å². The summed E-state index contributed by atoms with van der Waals surface area (Å²) in [6.45, 7) is 8.75. The highest BCUT2D eigenvalue weighted by molar-refractivity contribution is 8.14. The highest BCUT2D eigenvalue weighted by atomic mass is 32.2. The zero-order valence-electron chi connectivity index (χ0n) is 10.7. The summed E-state index contributed by atoms with van der Waals surface area (Å²) in [6.07, 6.45) is 1.85. The van der Waals surface area contributed by atoms with Crippen molar-refractivity contribution in [1.82, 2.24) is 10.3 Å². The van der Waals surface area contributed by atoms with Gasteiger partial charge >= 0.3 is 0 Å². The van der Waals surface area contributed by atoms with Crippen molar-refractivity contribution in [2.75, 3.05) is 5.75 Å². The van der Waals surface area contributed by atoms with Gasteiger partial charge in [0.05, 0.1) is 11.6 Å². The molecule has 5 heteroatoms. The van der Waals surface area contributed by atoms with E-state index in [4.69, 9.17) is 4.99 Å². The normalized spacial score (nSPS) is 20.8. The molecule has 0 amide bonds. The second-order valence-corrected chi connectivity index (χ2v) is 7.05. The summed E-state index contributed by atoms with van der Waals surface area (Å²) in [6, 6.07) is 0.453. The van der Waals surface area contributed by atoms with Crippen LogP contribution in [0.4, 0.5) is 0 Å². The van der Waals surface area contributed by atoms with E-state index in [1.807, 2.05) is 23.3 Å². The van der Waals surface area contributed by atoms with E-state index in [0.717, 1.165) is 15.9 Å². The third-order valence-electron chi connectivity index (χ3n) is 2.83. The SMILES string of the molecule is CC(C)C1CSC(NC(C)(C)c2nccs2)=N1. The zero-order valence-corrected chi connectivity index (χ0v) is 12.4. The van der Waals surface area contributed by atoms with Gasteiger partial charge in [0.1, 0.15) is 5.01 Å². The van der Waals surface area contributed by atoms with E-state index in [9.17, 15) is 0 Å². The second kappa shape index (κ2) is 4.98. The topological polar surface area (TPSA) is 37.3 Å². The van der Waals surface area contributed by atoms with Crippen molar-refractivity contribution in [2.45, 2.75) is 39.3 Å². The van der Waals surface area contributed by atoms with Crippen molar-refractivity contribution in [3.63, 3.8) is 0 Å². The van der Waals surface area contributed by atoms with Crippen LogP contribution in [0.25, 0.3) is 0 Å². The molecule has 3 nitrogen and oxygen atoms in total. The van der Waals surface area contributed by atoms with Crippen LogP contribution in [0.2, 0.25) is 0 Å². The van der Waals surface area contributed by atoms with Gasteiger partial charge < -0.3 is 5.32 Å². The van der Waals surface area contributed by atoms with Gasteiger partial charge in [-0.25, -0.2) is 4.98 Å². The average molecular weight is 269 g/mol. The number of thioether (sulfide) groups is 1. The highest BCUT2D eigenvalue weighted by Crippen LogP contribution is 2.27. The molecule has 0 aliphatic carbocycles. The first-order chi connectivity index (χ1) is 7.99. The Kier molecular flexibility index (Phi) is 3.78. The molecule has 1 aliphatic heterocycles. The summed E-state index contributed by atoms with van der Waals surface area (Å²) in [5.41, 5.74) is -0.133. The minimum absolute atomic E-state index is 0.133. The summed E-state index contributed by atoms with van der Waals surface area (Å²) in [5, 5.41) is 7.68. The second-order valence-electron chi connectivity index (χ2n) is 5.14. The maximum absolute atomic E-state index is 4.73. The molecule has 0 radical (unpaired) electrons. The van der Waals surface area contributed by atoms with Crippen LogP contribution in [0, 0.1) is 5.92 Å². The zero-order chi connectivity index (χ0) is 12.5. The maximum atomic E-state index is 4.73. The molecule has 1 atom stereocenters. The van der Waals surface area contributed by atoms with Crippen LogP contribution >= 0.6 is 23.1 Å². The Balaban J connectivity index is 2.05. The minimum atomic E-state index is -0.133. The molecule has 0 bridgehead atoms. The molecule has 1 aromatic heterocycles. The molecule has 1 aromatic rings. The van der Waals surface area contributed by atoms with Gasteiger partial charge in [-0.05, 0) is 19.8 Å². The lowest BCUT2D eigenvalue weighted by atomic mass is 10.1. The first-order valence-corrected chi connectivity index (χ1v) is 7.74. The minimum Gasteiger partial charge on any atom is -0.354 e. The lowest BCUT2D eigenvalue weighted by Crippen LogP contribution is -2.39. The Labute approximate surface area is 111 Å². The fourth-order valence-electron chi connectivity index (χ4n) is 1.65. The molecule has 1 unspecified atom stereocenters. The van der Waals surface area contributed by atoms with Gasteiger partial charge in [-0.3, -0.25) is 4.99 Å². The van der Waals surface area contributed by atoms with Gasteiger partial charge in [-0.15, -0.1) is 11.3 Å². The number of hydrogen-bond donors (Lipinski definition) is 1. The van der Waals surface area contributed by atoms with Crippen LogP contribution in [-0.2, 0) is 5.54 Å². The predicted octanol–water partition coefficient (Wildman–Crippen LogP) is 3.10. The summed E-state index contributed by atoms with van der Waals surface area (Å²) >= 11 is 3.50. The number of thiazole rings is 1. The fourth-order valence-corrected chi connectivity index (χ4v) is 3.70. The Bertz CT molecular complexity index is 396. The summed E-state index contributed by atoms with van der Waals surface area (Å²) in [5.74, 6) is 1.71. The van der Waals surface area contributed by atoms with Crippen LogP contribution in [0.15, 0.2) is 16.6 Å². The number of aliphatic imine (C=N–C) groups is 1. The summed E-state index contributed by atoms with van der Waals surface area (Å²) in [7, 11) is 0. The van der Waals surface area contributed by atoms with Crippen LogP contribution < -0.4 is 5.32 Å². The molecule has 0 aromatic carbocycles. The molecule has 0 saturated carbocycles. The Morgan fingerprint density at radius 1 is 1.47 bits per heavy atom. The van der Waals surface area contributed by atoms with Crippen molar-refractivity contribution in [1.29, 1.82) is 0 Å². The lowest BCUT2D eigenvalue weighted by molar-refractivity contribution is 0.482. The molecular weight excluding hydrogens is 250 g/mol. The third kappa shape index (κ3) is 3.01. The number of nitrogens with one attached hydrogen (secondary N) is 1. The number of amidine groups is 1. The number of nitrogens with zero attached hydrogens (tertiary/aromatic N) is 2. The number of rotatable bonds is 3. The molecule has 0 spiro atoms. The molecule has 0 saturated heterocycles. The van der Waals surface area contributed by atoms with Gasteiger partial charge in [-0.1, -0.05) is 25.6 Å². The van der Waals surface area contributed by atoms with Gasteiger partial charge in [0.2, 0.25) is 0 Å². The van der Waals surface area contributed by atoms with Gasteiger partial charge in [0, 0.05) is 17.3 Å². The van der Waals surface area contributed by atoms with E-state index < -0.39 is 0 Å². The number of aromatic nitrogens is 1. The molecular formula is C12H19N3S2. The molecule has 2 heterocycles. The quantitative estimate of drug-likeness (QED) is 0.916. The highest BCUT2D eigenvalue weighted by Gasteiger charge is 2.28. The van der Waals surface area contributed by atoms with Gasteiger partial charge in [0.25, 0.3) is 0 Å². The first-order valence-electron chi connectivity index (χ1n) is 5.88. The third-order valence-corrected chi connectivity index (χ3v) is 4.92. The van der Waals surface area contributed by atoms with E-state index in [2.05, 4.69) is 38.0 Å². The van der Waals surface area contributed by atoms with E-state index in [1.165, 1.54) is 0 Å². The van der Waals surface area contributed by atoms with Crippen molar-refractivity contribution < 1.29 is 0 Å². The van der Waals surface area contributed by atoms with E-state index in [-0.39, 0.29) is 5.54 Å². The van der Waals surface area contributed by atoms with Crippen molar-refractivity contribution in [2.24, 2.45) is 10.9 Å². The molecule has 0 fully saturated rings. The van der Waals surface area contributed by atoms with Crippen molar-refractivity contribution >= 4 is 28.3 Å². The standard InChI is InChI=1S/C12H19N3S2/c1-8(2)9-7-17-11(14-9)15-12(3,4)10-13-5-6-16-10/h5-6,8-9H,7H2,1-4H3,(H,14,15). The molecule has 1 aliphatic rings.